The number of carbonyl (C=O) groups excluding carboxylic acids is 1. The smallest absolute Gasteiger partial charge is 0.387 e. The zero-order valence-electron chi connectivity index (χ0n) is 12.0. The van der Waals surface area contributed by atoms with Gasteiger partial charge in [-0.3, -0.25) is 4.79 Å². The molecule has 0 aliphatic carbocycles. The lowest BCUT2D eigenvalue weighted by molar-refractivity contribution is -0.127. The molecule has 1 atom stereocenters. The molecule has 0 aromatic heterocycles. The van der Waals surface area contributed by atoms with Gasteiger partial charge in [0.05, 0.1) is 5.54 Å². The number of hydrogen-bond acceptors (Lipinski definition) is 3. The van der Waals surface area contributed by atoms with Crippen LogP contribution in [-0.2, 0) is 11.3 Å². The molecule has 21 heavy (non-hydrogen) atoms. The molecule has 1 aliphatic heterocycles. The van der Waals surface area contributed by atoms with Gasteiger partial charge in [-0.05, 0) is 31.9 Å². The number of hydrogen-bond donors (Lipinski definition) is 2. The minimum absolute atomic E-state index is 0.0886. The fourth-order valence-corrected chi connectivity index (χ4v) is 2.67. The lowest BCUT2D eigenvalue weighted by Crippen LogP contribution is -2.52. The maximum atomic E-state index is 12.3. The van der Waals surface area contributed by atoms with Crippen molar-refractivity contribution < 1.29 is 18.3 Å². The average molecular weight is 298 g/mol. The first-order valence-electron chi connectivity index (χ1n) is 7.13. The number of nitrogens with one attached hydrogen (secondary N) is 2. The molecular formula is C15H20F2N2O2. The second-order valence-electron chi connectivity index (χ2n) is 5.13. The van der Waals surface area contributed by atoms with Gasteiger partial charge in [-0.1, -0.05) is 25.1 Å². The standard InChI is InChI=1S/C15H20F2N2O2/c1-2-15(8-5-9-19-15)13(20)18-10-11-6-3-4-7-12(11)21-14(16)17/h3-4,6-7,14,19H,2,5,8-10H2,1H3,(H,18,20). The highest BCUT2D eigenvalue weighted by molar-refractivity contribution is 5.86. The maximum Gasteiger partial charge on any atom is 0.387 e. The van der Waals surface area contributed by atoms with Gasteiger partial charge in [0.25, 0.3) is 0 Å². The Hall–Kier alpha value is -1.69. The van der Waals surface area contributed by atoms with Crippen molar-refractivity contribution in [2.75, 3.05) is 6.54 Å². The molecule has 1 aromatic carbocycles. The van der Waals surface area contributed by atoms with Crippen LogP contribution in [0.4, 0.5) is 8.78 Å². The lowest BCUT2D eigenvalue weighted by Gasteiger charge is -2.26. The SMILES string of the molecule is CCC1(C(=O)NCc2ccccc2OC(F)F)CCCN1. The van der Waals surface area contributed by atoms with E-state index >= 15 is 0 Å². The predicted octanol–water partition coefficient (Wildman–Crippen LogP) is 2.44. The van der Waals surface area contributed by atoms with Crippen LogP contribution in [0.1, 0.15) is 31.7 Å². The Morgan fingerprint density at radius 2 is 2.24 bits per heavy atom. The summed E-state index contributed by atoms with van der Waals surface area (Å²) in [4.78, 5) is 12.3. The summed E-state index contributed by atoms with van der Waals surface area (Å²) >= 11 is 0. The molecule has 0 radical (unpaired) electrons. The van der Waals surface area contributed by atoms with E-state index in [0.717, 1.165) is 19.4 Å². The van der Waals surface area contributed by atoms with E-state index in [2.05, 4.69) is 15.4 Å². The maximum absolute atomic E-state index is 12.3. The molecule has 0 spiro atoms. The van der Waals surface area contributed by atoms with Crippen molar-refractivity contribution in [3.63, 3.8) is 0 Å². The third-order valence-electron chi connectivity index (χ3n) is 3.91. The topological polar surface area (TPSA) is 50.4 Å². The van der Waals surface area contributed by atoms with Crippen molar-refractivity contribution >= 4 is 5.91 Å². The summed E-state index contributed by atoms with van der Waals surface area (Å²) in [6.07, 6.45) is 2.46. The summed E-state index contributed by atoms with van der Waals surface area (Å²) in [6, 6.07) is 6.48. The van der Waals surface area contributed by atoms with E-state index in [0.29, 0.717) is 12.0 Å². The Labute approximate surface area is 122 Å². The zero-order valence-corrected chi connectivity index (χ0v) is 12.0. The van der Waals surface area contributed by atoms with E-state index in [9.17, 15) is 13.6 Å². The van der Waals surface area contributed by atoms with E-state index in [1.165, 1.54) is 6.07 Å². The third kappa shape index (κ3) is 3.69. The van der Waals surface area contributed by atoms with Gasteiger partial charge in [0.2, 0.25) is 5.91 Å². The molecule has 1 heterocycles. The van der Waals surface area contributed by atoms with Crippen LogP contribution in [-0.4, -0.2) is 24.6 Å². The summed E-state index contributed by atoms with van der Waals surface area (Å²) in [6.45, 7) is 0.0869. The van der Waals surface area contributed by atoms with Gasteiger partial charge in [-0.2, -0.15) is 8.78 Å². The van der Waals surface area contributed by atoms with Crippen molar-refractivity contribution in [1.29, 1.82) is 0 Å². The van der Waals surface area contributed by atoms with Crippen LogP contribution in [0.5, 0.6) is 5.75 Å². The van der Waals surface area contributed by atoms with Crippen LogP contribution >= 0.6 is 0 Å². The summed E-state index contributed by atoms with van der Waals surface area (Å²) in [5, 5.41) is 6.06. The largest absolute Gasteiger partial charge is 0.434 e. The van der Waals surface area contributed by atoms with Gasteiger partial charge in [0.1, 0.15) is 5.75 Å². The molecule has 2 rings (SSSR count). The lowest BCUT2D eigenvalue weighted by atomic mass is 9.93. The summed E-state index contributed by atoms with van der Waals surface area (Å²) in [5.74, 6) is 0.00656. The molecular weight excluding hydrogens is 278 g/mol. The number of halogens is 2. The normalized spacial score (nSPS) is 21.5. The number of benzene rings is 1. The molecule has 4 nitrogen and oxygen atoms in total. The zero-order chi connectivity index (χ0) is 15.3. The molecule has 1 aliphatic rings. The Kier molecular flexibility index (Phi) is 5.12. The first kappa shape index (κ1) is 15.7. The van der Waals surface area contributed by atoms with Crippen molar-refractivity contribution in [1.82, 2.24) is 10.6 Å². The van der Waals surface area contributed by atoms with Crippen LogP contribution in [0.25, 0.3) is 0 Å². The highest BCUT2D eigenvalue weighted by Gasteiger charge is 2.38. The van der Waals surface area contributed by atoms with Gasteiger partial charge in [-0.25, -0.2) is 0 Å². The molecule has 2 N–H and O–H groups in total. The monoisotopic (exact) mass is 298 g/mol. The molecule has 1 aromatic rings. The molecule has 0 bridgehead atoms. The second-order valence-corrected chi connectivity index (χ2v) is 5.13. The van der Waals surface area contributed by atoms with Crippen LogP contribution in [0, 0.1) is 0 Å². The van der Waals surface area contributed by atoms with Crippen LogP contribution in [0.2, 0.25) is 0 Å². The van der Waals surface area contributed by atoms with Crippen molar-refractivity contribution in [2.45, 2.75) is 44.9 Å². The predicted molar refractivity (Wildman–Crippen MR) is 75.2 cm³/mol. The van der Waals surface area contributed by atoms with Crippen molar-refractivity contribution in [3.05, 3.63) is 29.8 Å². The Balaban J connectivity index is 2.01. The summed E-state index contributed by atoms with van der Waals surface area (Å²) in [5.41, 5.74) is 0.00816. The number of rotatable bonds is 6. The van der Waals surface area contributed by atoms with Crippen molar-refractivity contribution in [3.8, 4) is 5.75 Å². The van der Waals surface area contributed by atoms with Gasteiger partial charge in [-0.15, -0.1) is 0 Å². The van der Waals surface area contributed by atoms with E-state index in [1.54, 1.807) is 18.2 Å². The van der Waals surface area contributed by atoms with Crippen LogP contribution in [0.3, 0.4) is 0 Å². The fraction of sp³-hybridized carbons (Fsp3) is 0.533. The summed E-state index contributed by atoms with van der Waals surface area (Å²) in [7, 11) is 0. The number of para-hydroxylation sites is 1. The van der Waals surface area contributed by atoms with Crippen LogP contribution in [0.15, 0.2) is 24.3 Å². The van der Waals surface area contributed by atoms with Gasteiger partial charge in [0, 0.05) is 12.1 Å². The molecule has 0 saturated carbocycles. The highest BCUT2D eigenvalue weighted by Crippen LogP contribution is 2.24. The molecule has 1 unspecified atom stereocenters. The molecule has 1 amide bonds. The number of ether oxygens (including phenoxy) is 1. The quantitative estimate of drug-likeness (QED) is 0.848. The first-order valence-corrected chi connectivity index (χ1v) is 7.13. The van der Waals surface area contributed by atoms with E-state index in [1.807, 2.05) is 6.92 Å². The minimum atomic E-state index is -2.87. The molecule has 6 heteroatoms. The molecule has 1 fully saturated rings. The van der Waals surface area contributed by atoms with Gasteiger partial charge in [0.15, 0.2) is 0 Å². The first-order chi connectivity index (χ1) is 10.1. The average Bonchev–Trinajstić information content (AvgIpc) is 2.95. The van der Waals surface area contributed by atoms with Crippen molar-refractivity contribution in [2.24, 2.45) is 0 Å². The fourth-order valence-electron chi connectivity index (χ4n) is 2.67. The molecule has 116 valence electrons. The summed E-state index contributed by atoms with van der Waals surface area (Å²) < 4.78 is 29.1. The Bertz CT molecular complexity index is 488. The second kappa shape index (κ2) is 6.85. The number of alkyl halides is 2. The van der Waals surface area contributed by atoms with Gasteiger partial charge >= 0.3 is 6.61 Å². The highest BCUT2D eigenvalue weighted by atomic mass is 19.3. The van der Waals surface area contributed by atoms with E-state index < -0.39 is 12.2 Å². The Morgan fingerprint density at radius 1 is 1.48 bits per heavy atom. The number of carbonyl (C=O) groups is 1. The molecule has 1 saturated heterocycles. The Morgan fingerprint density at radius 3 is 2.86 bits per heavy atom. The van der Waals surface area contributed by atoms with Gasteiger partial charge < -0.3 is 15.4 Å². The number of amides is 1. The minimum Gasteiger partial charge on any atom is -0.434 e. The third-order valence-corrected chi connectivity index (χ3v) is 3.91. The van der Waals surface area contributed by atoms with E-state index in [-0.39, 0.29) is 18.2 Å². The van der Waals surface area contributed by atoms with E-state index in [4.69, 9.17) is 0 Å². The van der Waals surface area contributed by atoms with Crippen LogP contribution < -0.4 is 15.4 Å².